The number of aryl methyl sites for hydroxylation is 1. The Hall–Kier alpha value is -3.95. The summed E-state index contributed by atoms with van der Waals surface area (Å²) in [6, 6.07) is 15.7. The second kappa shape index (κ2) is 13.0. The highest BCUT2D eigenvalue weighted by Gasteiger charge is 2.27. The van der Waals surface area contributed by atoms with Gasteiger partial charge in [0.2, 0.25) is 11.9 Å². The highest BCUT2D eigenvalue weighted by Crippen LogP contribution is 2.32. The Morgan fingerprint density at radius 1 is 1.02 bits per heavy atom. The van der Waals surface area contributed by atoms with Gasteiger partial charge in [0.05, 0.1) is 0 Å². The standard InChI is InChI=1S/C34H40ClN7O2/c1-4-31(43)37-26-8-11-28(12-9-26)42-32-24(20-29(33(42)44)23-6-5-7-25(35)19-23)21-36-34(39-32)38-27-10-13-30(22(2)18-27)41-16-14-40(3)15-17-41/h5-7,10,13,18-21,26,28H,4,8-9,11-12,14-17H2,1-3H3,(H,37,43)(H,36,38,39). The second-order valence-electron chi connectivity index (χ2n) is 12.1. The molecule has 0 radical (unpaired) electrons. The third kappa shape index (κ3) is 6.44. The zero-order valence-corrected chi connectivity index (χ0v) is 26.4. The maximum atomic E-state index is 14.2. The van der Waals surface area contributed by atoms with Gasteiger partial charge in [-0.05, 0) is 87.2 Å². The van der Waals surface area contributed by atoms with Crippen LogP contribution in [0.1, 0.15) is 50.6 Å². The molecule has 0 atom stereocenters. The molecule has 1 saturated carbocycles. The van der Waals surface area contributed by atoms with Crippen LogP contribution in [-0.2, 0) is 4.79 Å². The summed E-state index contributed by atoms with van der Waals surface area (Å²) < 4.78 is 1.85. The minimum Gasteiger partial charge on any atom is -0.369 e. The summed E-state index contributed by atoms with van der Waals surface area (Å²) in [4.78, 5) is 40.5. The number of carbonyl (C=O) groups is 1. The molecule has 2 fully saturated rings. The maximum absolute atomic E-state index is 14.2. The van der Waals surface area contributed by atoms with Crippen LogP contribution in [0.2, 0.25) is 5.02 Å². The Bertz CT molecular complexity index is 1720. The van der Waals surface area contributed by atoms with Gasteiger partial charge in [0, 0.05) is 78.2 Å². The van der Waals surface area contributed by atoms with E-state index in [0.717, 1.165) is 68.5 Å². The number of likely N-dealkylation sites (N-methyl/N-ethyl adjacent to an activating group) is 1. The molecule has 0 spiro atoms. The number of hydrogen-bond donors (Lipinski definition) is 2. The molecule has 1 saturated heterocycles. The van der Waals surface area contributed by atoms with Gasteiger partial charge in [0.25, 0.3) is 5.56 Å². The predicted molar refractivity (Wildman–Crippen MR) is 178 cm³/mol. The molecular weight excluding hydrogens is 574 g/mol. The number of anilines is 3. The van der Waals surface area contributed by atoms with Gasteiger partial charge in [-0.15, -0.1) is 0 Å². The van der Waals surface area contributed by atoms with Crippen LogP contribution >= 0.6 is 11.6 Å². The second-order valence-corrected chi connectivity index (χ2v) is 12.5. The smallest absolute Gasteiger partial charge is 0.260 e. The lowest BCUT2D eigenvalue weighted by atomic mass is 9.90. The number of rotatable bonds is 7. The number of aromatic nitrogens is 3. The first-order valence-corrected chi connectivity index (χ1v) is 16.0. The van der Waals surface area contributed by atoms with E-state index in [1.165, 1.54) is 11.3 Å². The van der Waals surface area contributed by atoms with Crippen LogP contribution in [0.4, 0.5) is 17.3 Å². The van der Waals surface area contributed by atoms with Crippen molar-refractivity contribution in [2.24, 2.45) is 0 Å². The summed E-state index contributed by atoms with van der Waals surface area (Å²) in [5, 5.41) is 7.86. The van der Waals surface area contributed by atoms with Crippen molar-refractivity contribution in [1.29, 1.82) is 0 Å². The third-order valence-electron chi connectivity index (χ3n) is 8.95. The zero-order chi connectivity index (χ0) is 30.8. The number of fused-ring (bicyclic) bond motifs is 1. The van der Waals surface area contributed by atoms with Crippen LogP contribution in [0.5, 0.6) is 0 Å². The van der Waals surface area contributed by atoms with Crippen molar-refractivity contribution in [2.75, 3.05) is 43.4 Å². The largest absolute Gasteiger partial charge is 0.369 e. The van der Waals surface area contributed by atoms with E-state index in [-0.39, 0.29) is 23.6 Å². The highest BCUT2D eigenvalue weighted by molar-refractivity contribution is 6.30. The molecule has 1 aliphatic carbocycles. The molecule has 4 aromatic rings. The first-order chi connectivity index (χ1) is 21.3. The van der Waals surface area contributed by atoms with Crippen molar-refractivity contribution in [3.05, 3.63) is 75.7 Å². The molecule has 2 N–H and O–H groups in total. The van der Waals surface area contributed by atoms with E-state index in [1.54, 1.807) is 12.3 Å². The average Bonchev–Trinajstić information content (AvgIpc) is 3.02. The Balaban J connectivity index is 1.33. The topological polar surface area (TPSA) is 95.4 Å². The lowest BCUT2D eigenvalue weighted by molar-refractivity contribution is -0.121. The summed E-state index contributed by atoms with van der Waals surface area (Å²) in [7, 11) is 2.16. The van der Waals surface area contributed by atoms with Gasteiger partial charge >= 0.3 is 0 Å². The van der Waals surface area contributed by atoms with E-state index < -0.39 is 0 Å². The fraction of sp³-hybridized carbons (Fsp3) is 0.412. The number of nitrogens with one attached hydrogen (secondary N) is 2. The molecule has 2 aliphatic rings. The van der Waals surface area contributed by atoms with Crippen molar-refractivity contribution in [3.63, 3.8) is 0 Å². The molecule has 3 heterocycles. The Kier molecular flexibility index (Phi) is 8.86. The van der Waals surface area contributed by atoms with E-state index in [2.05, 4.69) is 57.6 Å². The minimum atomic E-state index is -0.0992. The van der Waals surface area contributed by atoms with Gasteiger partial charge in [0.1, 0.15) is 5.65 Å². The molecule has 44 heavy (non-hydrogen) atoms. The monoisotopic (exact) mass is 613 g/mol. The Morgan fingerprint density at radius 2 is 1.80 bits per heavy atom. The fourth-order valence-corrected chi connectivity index (χ4v) is 6.64. The van der Waals surface area contributed by atoms with Crippen LogP contribution in [0, 0.1) is 6.92 Å². The minimum absolute atomic E-state index is 0.0493. The van der Waals surface area contributed by atoms with E-state index in [1.807, 2.05) is 35.8 Å². The first-order valence-electron chi connectivity index (χ1n) is 15.6. The lowest BCUT2D eigenvalue weighted by Gasteiger charge is -2.35. The molecule has 230 valence electrons. The number of carbonyl (C=O) groups excluding carboxylic acids is 1. The quantitative estimate of drug-likeness (QED) is 0.267. The SMILES string of the molecule is CCC(=O)NC1CCC(n2c(=O)c(-c3cccc(Cl)c3)cc3cnc(Nc4ccc(N5CCN(C)CC5)c(C)c4)nc32)CC1. The van der Waals surface area contributed by atoms with Crippen molar-refractivity contribution < 1.29 is 4.79 Å². The number of hydrogen-bond acceptors (Lipinski definition) is 7. The molecule has 1 aliphatic heterocycles. The molecular formula is C34H40ClN7O2. The van der Waals surface area contributed by atoms with E-state index in [4.69, 9.17) is 16.6 Å². The van der Waals surface area contributed by atoms with Crippen LogP contribution in [0.3, 0.4) is 0 Å². The summed E-state index contributed by atoms with van der Waals surface area (Å²) in [6.45, 7) is 8.14. The van der Waals surface area contributed by atoms with Crippen LogP contribution < -0.4 is 21.1 Å². The lowest BCUT2D eigenvalue weighted by Crippen LogP contribution is -2.44. The molecule has 1 amide bonds. The summed E-state index contributed by atoms with van der Waals surface area (Å²) in [5.74, 6) is 0.506. The van der Waals surface area contributed by atoms with Crippen molar-refractivity contribution in [3.8, 4) is 11.1 Å². The van der Waals surface area contributed by atoms with Gasteiger partial charge in [-0.1, -0.05) is 30.7 Å². The predicted octanol–water partition coefficient (Wildman–Crippen LogP) is 5.93. The average molecular weight is 614 g/mol. The van der Waals surface area contributed by atoms with Gasteiger partial charge < -0.3 is 20.4 Å². The summed E-state index contributed by atoms with van der Waals surface area (Å²) >= 11 is 6.31. The van der Waals surface area contributed by atoms with Gasteiger partial charge in [-0.2, -0.15) is 4.98 Å². The van der Waals surface area contributed by atoms with Crippen molar-refractivity contribution in [1.82, 2.24) is 24.8 Å². The molecule has 2 aromatic heterocycles. The Labute approximate surface area is 263 Å². The number of halogens is 1. The normalized spacial score (nSPS) is 19.2. The first kappa shape index (κ1) is 30.1. The van der Waals surface area contributed by atoms with Crippen LogP contribution in [0.15, 0.2) is 59.5 Å². The highest BCUT2D eigenvalue weighted by atomic mass is 35.5. The van der Waals surface area contributed by atoms with Crippen molar-refractivity contribution in [2.45, 2.75) is 58.0 Å². The number of nitrogens with zero attached hydrogens (tertiary/aromatic N) is 5. The molecule has 9 nitrogen and oxygen atoms in total. The number of amides is 1. The molecule has 6 rings (SSSR count). The molecule has 2 aromatic carbocycles. The number of pyridine rings is 1. The van der Waals surface area contributed by atoms with Crippen LogP contribution in [-0.4, -0.2) is 64.6 Å². The van der Waals surface area contributed by atoms with Gasteiger partial charge in [0.15, 0.2) is 0 Å². The van der Waals surface area contributed by atoms with E-state index in [9.17, 15) is 9.59 Å². The van der Waals surface area contributed by atoms with Crippen LogP contribution in [0.25, 0.3) is 22.2 Å². The maximum Gasteiger partial charge on any atom is 0.260 e. The third-order valence-corrected chi connectivity index (χ3v) is 9.19. The van der Waals surface area contributed by atoms with Gasteiger partial charge in [-0.25, -0.2) is 4.98 Å². The van der Waals surface area contributed by atoms with Gasteiger partial charge in [-0.3, -0.25) is 14.2 Å². The summed E-state index contributed by atoms with van der Waals surface area (Å²) in [5.41, 5.74) is 5.17. The zero-order valence-electron chi connectivity index (χ0n) is 25.6. The van der Waals surface area contributed by atoms with Crippen molar-refractivity contribution >= 4 is 45.9 Å². The number of benzene rings is 2. The number of piperazine rings is 1. The Morgan fingerprint density at radius 3 is 2.50 bits per heavy atom. The van der Waals surface area contributed by atoms with E-state index in [0.29, 0.717) is 28.6 Å². The molecule has 0 bridgehead atoms. The summed E-state index contributed by atoms with van der Waals surface area (Å²) in [6.07, 6.45) is 5.40. The fourth-order valence-electron chi connectivity index (χ4n) is 6.45. The molecule has 10 heteroatoms. The van der Waals surface area contributed by atoms with E-state index >= 15 is 0 Å². The molecule has 0 unspecified atom stereocenters.